The number of aromatic nitrogens is 2. The van der Waals surface area contributed by atoms with Crippen LogP contribution in [0, 0.1) is 13.8 Å². The quantitative estimate of drug-likeness (QED) is 0.815. The third kappa shape index (κ3) is 2.70. The average Bonchev–Trinajstić information content (AvgIpc) is 3.01. The Bertz CT molecular complexity index is 340. The maximum atomic E-state index is 5.57. The van der Waals surface area contributed by atoms with Gasteiger partial charge in [0.15, 0.2) is 0 Å². The number of rotatable bonds is 5. The van der Waals surface area contributed by atoms with Crippen molar-refractivity contribution in [1.29, 1.82) is 0 Å². The largest absolute Gasteiger partial charge is 0.338 e. The van der Waals surface area contributed by atoms with E-state index in [2.05, 4.69) is 14.9 Å². The summed E-state index contributed by atoms with van der Waals surface area (Å²) in [5, 5.41) is 0. The summed E-state index contributed by atoms with van der Waals surface area (Å²) < 4.78 is 0. The molecular formula is C12H20N4. The molecule has 0 amide bonds. The van der Waals surface area contributed by atoms with Crippen LogP contribution in [0.4, 0.5) is 5.95 Å². The molecule has 1 aromatic rings. The predicted octanol–water partition coefficient (Wildman–Crippen LogP) is 1.41. The lowest BCUT2D eigenvalue weighted by molar-refractivity contribution is 0.707. The lowest BCUT2D eigenvalue weighted by Gasteiger charge is -2.22. The first-order chi connectivity index (χ1) is 7.70. The van der Waals surface area contributed by atoms with Gasteiger partial charge in [-0.15, -0.1) is 0 Å². The molecule has 1 aliphatic carbocycles. The summed E-state index contributed by atoms with van der Waals surface area (Å²) in [5.41, 5.74) is 7.65. The maximum Gasteiger partial charge on any atom is 0.226 e. The lowest BCUT2D eigenvalue weighted by atomic mass is 10.3. The van der Waals surface area contributed by atoms with Gasteiger partial charge in [0.25, 0.3) is 0 Å². The molecule has 16 heavy (non-hydrogen) atoms. The first-order valence-electron chi connectivity index (χ1n) is 5.99. The van der Waals surface area contributed by atoms with Gasteiger partial charge in [0.1, 0.15) is 0 Å². The summed E-state index contributed by atoms with van der Waals surface area (Å²) in [6, 6.07) is 2.66. The van der Waals surface area contributed by atoms with Crippen molar-refractivity contribution in [3.05, 3.63) is 17.5 Å². The van der Waals surface area contributed by atoms with E-state index in [1.165, 1.54) is 12.8 Å². The van der Waals surface area contributed by atoms with Crippen LogP contribution in [-0.4, -0.2) is 29.1 Å². The van der Waals surface area contributed by atoms with Gasteiger partial charge in [-0.05, 0) is 45.7 Å². The average molecular weight is 220 g/mol. The summed E-state index contributed by atoms with van der Waals surface area (Å²) in [5.74, 6) is 0.883. The van der Waals surface area contributed by atoms with Crippen LogP contribution in [0.1, 0.15) is 30.7 Å². The van der Waals surface area contributed by atoms with Gasteiger partial charge in [0.05, 0.1) is 0 Å². The molecule has 0 aliphatic heterocycles. The Kier molecular flexibility index (Phi) is 3.39. The lowest BCUT2D eigenvalue weighted by Crippen LogP contribution is -2.30. The predicted molar refractivity (Wildman–Crippen MR) is 65.5 cm³/mol. The zero-order valence-electron chi connectivity index (χ0n) is 10.1. The van der Waals surface area contributed by atoms with Crippen LogP contribution in [0.3, 0.4) is 0 Å². The van der Waals surface area contributed by atoms with Gasteiger partial charge >= 0.3 is 0 Å². The van der Waals surface area contributed by atoms with Gasteiger partial charge in [-0.1, -0.05) is 0 Å². The number of aryl methyl sites for hydroxylation is 2. The first-order valence-corrected chi connectivity index (χ1v) is 5.99. The highest BCUT2D eigenvalue weighted by Gasteiger charge is 2.30. The SMILES string of the molecule is Cc1cc(C)nc(N(CCCN)C2CC2)n1. The molecule has 0 radical (unpaired) electrons. The normalized spacial score (nSPS) is 15.2. The van der Waals surface area contributed by atoms with Crippen LogP contribution in [0.25, 0.3) is 0 Å². The topological polar surface area (TPSA) is 55.0 Å². The van der Waals surface area contributed by atoms with E-state index in [0.29, 0.717) is 6.04 Å². The Labute approximate surface area is 96.9 Å². The number of nitrogens with two attached hydrogens (primary N) is 1. The van der Waals surface area contributed by atoms with Crippen molar-refractivity contribution in [2.45, 2.75) is 39.2 Å². The summed E-state index contributed by atoms with van der Waals surface area (Å²) in [6.07, 6.45) is 3.54. The van der Waals surface area contributed by atoms with Crippen LogP contribution in [0.2, 0.25) is 0 Å². The second-order valence-electron chi connectivity index (χ2n) is 4.52. The van der Waals surface area contributed by atoms with Crippen LogP contribution >= 0.6 is 0 Å². The molecule has 0 unspecified atom stereocenters. The van der Waals surface area contributed by atoms with Gasteiger partial charge in [-0.3, -0.25) is 0 Å². The van der Waals surface area contributed by atoms with Gasteiger partial charge in [-0.2, -0.15) is 0 Å². The van der Waals surface area contributed by atoms with E-state index in [1.807, 2.05) is 19.9 Å². The molecule has 1 fully saturated rings. The third-order valence-electron chi connectivity index (χ3n) is 2.82. The highest BCUT2D eigenvalue weighted by molar-refractivity contribution is 5.35. The second kappa shape index (κ2) is 4.78. The number of hydrogen-bond acceptors (Lipinski definition) is 4. The Morgan fingerprint density at radius 1 is 1.31 bits per heavy atom. The monoisotopic (exact) mass is 220 g/mol. The smallest absolute Gasteiger partial charge is 0.226 e. The summed E-state index contributed by atoms with van der Waals surface area (Å²) >= 11 is 0. The summed E-state index contributed by atoms with van der Waals surface area (Å²) in [6.45, 7) is 5.75. The fourth-order valence-electron chi connectivity index (χ4n) is 1.93. The van der Waals surface area contributed by atoms with Crippen LogP contribution in [0.15, 0.2) is 6.07 Å². The van der Waals surface area contributed by atoms with Crippen molar-refractivity contribution < 1.29 is 0 Å². The highest BCUT2D eigenvalue weighted by atomic mass is 15.3. The minimum Gasteiger partial charge on any atom is -0.338 e. The number of nitrogens with zero attached hydrogens (tertiary/aromatic N) is 3. The van der Waals surface area contributed by atoms with Crippen LogP contribution in [-0.2, 0) is 0 Å². The van der Waals surface area contributed by atoms with Crippen molar-refractivity contribution in [1.82, 2.24) is 9.97 Å². The molecule has 88 valence electrons. The third-order valence-corrected chi connectivity index (χ3v) is 2.82. The van der Waals surface area contributed by atoms with E-state index < -0.39 is 0 Å². The molecule has 0 spiro atoms. The van der Waals surface area contributed by atoms with Gasteiger partial charge < -0.3 is 10.6 Å². The van der Waals surface area contributed by atoms with E-state index in [4.69, 9.17) is 5.73 Å². The molecule has 4 heteroatoms. The molecule has 0 bridgehead atoms. The summed E-state index contributed by atoms with van der Waals surface area (Å²) in [4.78, 5) is 11.4. The molecule has 4 nitrogen and oxygen atoms in total. The molecular weight excluding hydrogens is 200 g/mol. The number of anilines is 1. The van der Waals surface area contributed by atoms with E-state index >= 15 is 0 Å². The molecule has 0 aromatic carbocycles. The Hall–Kier alpha value is -1.16. The van der Waals surface area contributed by atoms with Crippen molar-refractivity contribution in [2.75, 3.05) is 18.0 Å². The molecule has 1 aliphatic rings. The number of hydrogen-bond donors (Lipinski definition) is 1. The summed E-state index contributed by atoms with van der Waals surface area (Å²) in [7, 11) is 0. The zero-order chi connectivity index (χ0) is 11.5. The van der Waals surface area contributed by atoms with Crippen molar-refractivity contribution in [2.24, 2.45) is 5.73 Å². The van der Waals surface area contributed by atoms with Crippen LogP contribution < -0.4 is 10.6 Å². The minimum absolute atomic E-state index is 0.646. The molecule has 2 N–H and O–H groups in total. The van der Waals surface area contributed by atoms with E-state index in [0.717, 1.165) is 36.8 Å². The minimum atomic E-state index is 0.646. The molecule has 1 saturated carbocycles. The van der Waals surface area contributed by atoms with Crippen molar-refractivity contribution in [3.8, 4) is 0 Å². The second-order valence-corrected chi connectivity index (χ2v) is 4.52. The fourth-order valence-corrected chi connectivity index (χ4v) is 1.93. The highest BCUT2D eigenvalue weighted by Crippen LogP contribution is 2.29. The Morgan fingerprint density at radius 2 is 1.94 bits per heavy atom. The molecule has 1 aromatic heterocycles. The Balaban J connectivity index is 2.16. The van der Waals surface area contributed by atoms with E-state index in [1.54, 1.807) is 0 Å². The Morgan fingerprint density at radius 3 is 2.44 bits per heavy atom. The molecule has 0 atom stereocenters. The first kappa shape index (κ1) is 11.3. The standard InChI is InChI=1S/C12H20N4/c1-9-8-10(2)15-12(14-9)16(7-3-6-13)11-4-5-11/h8,11H,3-7,13H2,1-2H3. The van der Waals surface area contributed by atoms with Gasteiger partial charge in [0, 0.05) is 24.0 Å². The van der Waals surface area contributed by atoms with Crippen molar-refractivity contribution >= 4 is 5.95 Å². The van der Waals surface area contributed by atoms with E-state index in [-0.39, 0.29) is 0 Å². The maximum absolute atomic E-state index is 5.57. The van der Waals surface area contributed by atoms with E-state index in [9.17, 15) is 0 Å². The van der Waals surface area contributed by atoms with Gasteiger partial charge in [-0.25, -0.2) is 9.97 Å². The molecule has 1 heterocycles. The van der Waals surface area contributed by atoms with Gasteiger partial charge in [0.2, 0.25) is 5.95 Å². The fraction of sp³-hybridized carbons (Fsp3) is 0.667. The van der Waals surface area contributed by atoms with Crippen LogP contribution in [0.5, 0.6) is 0 Å². The molecule has 2 rings (SSSR count). The zero-order valence-corrected chi connectivity index (χ0v) is 10.1. The van der Waals surface area contributed by atoms with Crippen molar-refractivity contribution in [3.63, 3.8) is 0 Å². The molecule has 0 saturated heterocycles.